The SMILES string of the molecule is CCCCCCCCCCCCCCCCCCOCCCC(C(COP(=O)([O-])O)OC(=O)CC(C)=O)[N+](C)(C)C. The van der Waals surface area contributed by atoms with Crippen molar-refractivity contribution in [3.8, 4) is 0 Å². The molecule has 1 N–H and O–H groups in total. The van der Waals surface area contributed by atoms with Gasteiger partial charge in [0.2, 0.25) is 0 Å². The van der Waals surface area contributed by atoms with Crippen molar-refractivity contribution < 1.29 is 42.4 Å². The van der Waals surface area contributed by atoms with Crippen molar-refractivity contribution in [2.45, 2.75) is 148 Å². The summed E-state index contributed by atoms with van der Waals surface area (Å²) in [5, 5.41) is 0. The highest BCUT2D eigenvalue weighted by atomic mass is 31.2. The van der Waals surface area contributed by atoms with Crippen LogP contribution in [0.4, 0.5) is 0 Å². The lowest BCUT2D eigenvalue weighted by atomic mass is 10.0. The summed E-state index contributed by atoms with van der Waals surface area (Å²) in [6, 6.07) is -0.323. The molecule has 3 unspecified atom stereocenters. The molecule has 9 nitrogen and oxygen atoms in total. The Bertz CT molecular complexity index is 707. The number of unbranched alkanes of at least 4 members (excludes halogenated alkanes) is 15. The van der Waals surface area contributed by atoms with Gasteiger partial charge in [0.25, 0.3) is 7.82 Å². The number of likely N-dealkylation sites (N-methyl/N-ethyl adjacent to an activating group) is 1. The molecular weight excluding hydrogens is 545 g/mol. The van der Waals surface area contributed by atoms with Gasteiger partial charge in [-0.2, -0.15) is 0 Å². The Hall–Kier alpha value is -0.830. The predicted octanol–water partition coefficient (Wildman–Crippen LogP) is 6.49. The molecule has 0 saturated carbocycles. The van der Waals surface area contributed by atoms with Crippen LogP contribution in [0.25, 0.3) is 0 Å². The first-order valence-corrected chi connectivity index (χ1v) is 17.6. The lowest BCUT2D eigenvalue weighted by Crippen LogP contribution is -2.54. The highest BCUT2D eigenvalue weighted by molar-refractivity contribution is 7.44. The molecule has 0 aromatic rings. The maximum atomic E-state index is 12.1. The molecule has 10 heteroatoms. The number of ether oxygens (including phenoxy) is 2. The van der Waals surface area contributed by atoms with Crippen LogP contribution < -0.4 is 4.89 Å². The second-order valence-electron chi connectivity index (χ2n) is 12.4. The lowest BCUT2D eigenvalue weighted by molar-refractivity contribution is -0.900. The van der Waals surface area contributed by atoms with Crippen molar-refractivity contribution in [1.82, 2.24) is 0 Å². The molecule has 0 aliphatic heterocycles. The predicted molar refractivity (Wildman–Crippen MR) is 162 cm³/mol. The molecule has 0 aliphatic rings. The number of quaternary nitrogens is 1. The van der Waals surface area contributed by atoms with Gasteiger partial charge in [-0.25, -0.2) is 0 Å². The van der Waals surface area contributed by atoms with Crippen molar-refractivity contribution in [2.75, 3.05) is 41.0 Å². The Kier molecular flexibility index (Phi) is 24.1. The molecule has 244 valence electrons. The van der Waals surface area contributed by atoms with Gasteiger partial charge in [0.1, 0.15) is 18.2 Å². The van der Waals surface area contributed by atoms with Gasteiger partial charge < -0.3 is 28.3 Å². The smallest absolute Gasteiger partial charge is 0.313 e. The first-order valence-electron chi connectivity index (χ1n) is 16.1. The first-order chi connectivity index (χ1) is 19.4. The monoisotopic (exact) mass is 607 g/mol. The normalized spacial score (nSPS) is 14.9. The number of nitrogens with zero attached hydrogens (tertiary/aromatic N) is 1. The van der Waals surface area contributed by atoms with Crippen molar-refractivity contribution in [1.29, 1.82) is 0 Å². The number of carbonyl (C=O) groups is 2. The molecule has 0 aliphatic carbocycles. The molecule has 0 radical (unpaired) electrons. The van der Waals surface area contributed by atoms with E-state index in [2.05, 4.69) is 11.4 Å². The molecule has 3 atom stereocenters. The molecule has 0 spiro atoms. The number of phosphoric acid groups is 1. The highest BCUT2D eigenvalue weighted by Gasteiger charge is 2.36. The summed E-state index contributed by atoms with van der Waals surface area (Å²) in [4.78, 5) is 43.6. The number of esters is 1. The van der Waals surface area contributed by atoms with Gasteiger partial charge in [0, 0.05) is 19.6 Å². The van der Waals surface area contributed by atoms with Gasteiger partial charge in [0.15, 0.2) is 6.10 Å². The van der Waals surface area contributed by atoms with Crippen molar-refractivity contribution in [2.24, 2.45) is 0 Å². The minimum Gasteiger partial charge on any atom is -0.756 e. The Morgan fingerprint density at radius 2 is 1.22 bits per heavy atom. The van der Waals surface area contributed by atoms with Crippen molar-refractivity contribution in [3.63, 3.8) is 0 Å². The van der Waals surface area contributed by atoms with Crippen LogP contribution in [0, 0.1) is 0 Å². The molecular formula is C31H62NO8P. The van der Waals surface area contributed by atoms with Crippen LogP contribution in [0.1, 0.15) is 136 Å². The standard InChI is InChI=1S/C31H62NO8P/c1-6-7-8-9-10-11-12-13-14-15-16-17-18-19-20-21-24-38-25-22-23-29(32(3,4)5)30(27-39-41(35,36)37)40-31(34)26-28(2)33/h29-30H,6-27H2,1-5H3,(H-,35,36,37). The van der Waals surface area contributed by atoms with Crippen LogP contribution in [-0.4, -0.2) is 74.2 Å². The maximum absolute atomic E-state index is 12.1. The number of hydrogen-bond acceptors (Lipinski definition) is 7. The van der Waals surface area contributed by atoms with E-state index < -0.39 is 32.9 Å². The van der Waals surface area contributed by atoms with E-state index >= 15 is 0 Å². The molecule has 0 fully saturated rings. The number of hydrogen-bond donors (Lipinski definition) is 1. The van der Waals surface area contributed by atoms with E-state index in [-0.39, 0.29) is 11.8 Å². The zero-order chi connectivity index (χ0) is 31.0. The van der Waals surface area contributed by atoms with Gasteiger partial charge >= 0.3 is 5.97 Å². The summed E-state index contributed by atoms with van der Waals surface area (Å²) in [7, 11) is 0.728. The van der Waals surface area contributed by atoms with Gasteiger partial charge in [0.05, 0.1) is 27.7 Å². The quantitative estimate of drug-likeness (QED) is 0.0337. The van der Waals surface area contributed by atoms with E-state index in [4.69, 9.17) is 14.4 Å². The molecule has 0 rings (SSSR count). The summed E-state index contributed by atoms with van der Waals surface area (Å²) in [6.07, 6.45) is 21.2. The highest BCUT2D eigenvalue weighted by Crippen LogP contribution is 2.32. The maximum Gasteiger partial charge on any atom is 0.313 e. The van der Waals surface area contributed by atoms with Crippen molar-refractivity contribution in [3.05, 3.63) is 0 Å². The van der Waals surface area contributed by atoms with Gasteiger partial charge in [-0.15, -0.1) is 0 Å². The van der Waals surface area contributed by atoms with Gasteiger partial charge in [-0.3, -0.25) is 14.2 Å². The number of ketones is 1. The summed E-state index contributed by atoms with van der Waals surface area (Å²) in [5.41, 5.74) is 0. The topological polar surface area (TPSA) is 122 Å². The number of rotatable bonds is 29. The number of Topliss-reactive ketones (excluding diaryl/α,β-unsaturated/α-hetero) is 1. The summed E-state index contributed by atoms with van der Waals surface area (Å²) in [6.45, 7) is 4.28. The molecule has 0 amide bonds. The van der Waals surface area contributed by atoms with Crippen LogP contribution in [0.3, 0.4) is 0 Å². The first kappa shape index (κ1) is 40.2. The lowest BCUT2D eigenvalue weighted by Gasteiger charge is -2.39. The van der Waals surface area contributed by atoms with Crippen LogP contribution in [0.2, 0.25) is 0 Å². The average Bonchev–Trinajstić information content (AvgIpc) is 2.86. The van der Waals surface area contributed by atoms with E-state index in [0.29, 0.717) is 30.5 Å². The number of carbonyl (C=O) groups excluding carboxylic acids is 2. The minimum absolute atomic E-state index is 0.323. The fourth-order valence-corrected chi connectivity index (χ4v) is 5.46. The van der Waals surface area contributed by atoms with Crippen LogP contribution in [0.15, 0.2) is 0 Å². The Morgan fingerprint density at radius 1 is 0.780 bits per heavy atom. The largest absolute Gasteiger partial charge is 0.756 e. The van der Waals surface area contributed by atoms with Gasteiger partial charge in [-0.05, 0) is 19.8 Å². The third kappa shape index (κ3) is 26.5. The molecule has 0 aromatic heterocycles. The van der Waals surface area contributed by atoms with Crippen LogP contribution in [-0.2, 0) is 28.2 Å². The molecule has 41 heavy (non-hydrogen) atoms. The van der Waals surface area contributed by atoms with E-state index in [1.165, 1.54) is 103 Å². The zero-order valence-corrected chi connectivity index (χ0v) is 27.8. The minimum atomic E-state index is -4.99. The number of phosphoric ester groups is 1. The van der Waals surface area contributed by atoms with Crippen molar-refractivity contribution >= 4 is 19.6 Å². The summed E-state index contributed by atoms with van der Waals surface area (Å²) < 4.78 is 27.3. The fourth-order valence-electron chi connectivity index (χ4n) is 5.13. The van der Waals surface area contributed by atoms with E-state index in [1.54, 1.807) is 0 Å². The molecule has 0 bridgehead atoms. The molecule has 0 heterocycles. The van der Waals surface area contributed by atoms with Crippen LogP contribution in [0.5, 0.6) is 0 Å². The van der Waals surface area contributed by atoms with E-state index in [0.717, 1.165) is 6.42 Å². The van der Waals surface area contributed by atoms with Gasteiger partial charge in [-0.1, -0.05) is 103 Å². The average molecular weight is 608 g/mol. The Morgan fingerprint density at radius 3 is 1.63 bits per heavy atom. The molecule has 0 aromatic carbocycles. The van der Waals surface area contributed by atoms with Crippen LogP contribution >= 0.6 is 7.82 Å². The molecule has 0 saturated heterocycles. The second kappa shape index (κ2) is 24.6. The Labute approximate surface area is 250 Å². The zero-order valence-electron chi connectivity index (χ0n) is 26.9. The summed E-state index contributed by atoms with van der Waals surface area (Å²) >= 11 is 0. The second-order valence-corrected chi connectivity index (χ2v) is 13.6. The summed E-state index contributed by atoms with van der Waals surface area (Å²) in [5.74, 6) is -1.10. The third-order valence-corrected chi connectivity index (χ3v) is 7.91. The van der Waals surface area contributed by atoms with E-state index in [9.17, 15) is 19.0 Å². The Balaban J connectivity index is 4.06. The fraction of sp³-hybridized carbons (Fsp3) is 0.935. The van der Waals surface area contributed by atoms with E-state index in [1.807, 2.05) is 21.1 Å². The third-order valence-electron chi connectivity index (χ3n) is 7.43.